The number of likely N-dealkylation sites (N-methyl/N-ethyl adjacent to an activating group) is 1. The van der Waals surface area contributed by atoms with Gasteiger partial charge in [0.1, 0.15) is 11.2 Å². The average molecular weight is 327 g/mol. The lowest BCUT2D eigenvalue weighted by Gasteiger charge is -2.28. The van der Waals surface area contributed by atoms with Gasteiger partial charge in [0.25, 0.3) is 5.91 Å². The zero-order valence-electron chi connectivity index (χ0n) is 13.5. The summed E-state index contributed by atoms with van der Waals surface area (Å²) in [6.07, 6.45) is 0.831. The number of thiophene rings is 1. The van der Waals surface area contributed by atoms with E-state index < -0.39 is 0 Å². The van der Waals surface area contributed by atoms with Gasteiger partial charge in [-0.15, -0.1) is 11.3 Å². The largest absolute Gasteiger partial charge is 0.353 e. The Balaban J connectivity index is 1.66. The molecule has 23 heavy (non-hydrogen) atoms. The maximum atomic E-state index is 12.7. The van der Waals surface area contributed by atoms with Gasteiger partial charge in [0, 0.05) is 18.0 Å². The summed E-state index contributed by atoms with van der Waals surface area (Å²) < 4.78 is 0. The molecule has 2 N–H and O–H groups in total. The molecule has 0 aliphatic carbocycles. The van der Waals surface area contributed by atoms with Gasteiger partial charge in [-0.3, -0.25) is 9.69 Å². The van der Waals surface area contributed by atoms with Crippen LogP contribution in [0.2, 0.25) is 0 Å². The highest BCUT2D eigenvalue weighted by atomic mass is 32.1. The van der Waals surface area contributed by atoms with Crippen molar-refractivity contribution in [3.63, 3.8) is 0 Å². The Morgan fingerprint density at radius 3 is 2.78 bits per heavy atom. The second kappa shape index (κ2) is 5.65. The number of nitrogens with zero attached hydrogens (tertiary/aromatic N) is 1. The number of rotatable bonds is 2. The van der Waals surface area contributed by atoms with Crippen LogP contribution in [0.25, 0.3) is 0 Å². The van der Waals surface area contributed by atoms with Gasteiger partial charge in [0.15, 0.2) is 0 Å². The average Bonchev–Trinajstić information content (AvgIpc) is 2.93. The van der Waals surface area contributed by atoms with Crippen molar-refractivity contribution in [2.75, 3.05) is 18.4 Å². The van der Waals surface area contributed by atoms with Gasteiger partial charge in [0.05, 0.1) is 5.56 Å². The molecule has 1 atom stereocenters. The van der Waals surface area contributed by atoms with Gasteiger partial charge in [-0.2, -0.15) is 0 Å². The summed E-state index contributed by atoms with van der Waals surface area (Å²) in [6.45, 7) is 7.33. The molecule has 1 amide bonds. The first-order valence-corrected chi connectivity index (χ1v) is 8.98. The molecule has 2 aliphatic rings. The first kappa shape index (κ1) is 14.7. The summed E-state index contributed by atoms with van der Waals surface area (Å²) in [5.74, 6) is 0.0618. The maximum absolute atomic E-state index is 12.7. The van der Waals surface area contributed by atoms with Gasteiger partial charge in [-0.25, -0.2) is 0 Å². The summed E-state index contributed by atoms with van der Waals surface area (Å²) in [6, 6.07) is 8.31. The topological polar surface area (TPSA) is 44.4 Å². The SMILES string of the molecule is CCN1CCc2c(sc3c2C(=O)N[C@H](c2ccc(C)cc2)N3)C1. The minimum absolute atomic E-state index is 0.0618. The fraction of sp³-hybridized carbons (Fsp3) is 0.389. The fourth-order valence-electron chi connectivity index (χ4n) is 3.36. The van der Waals surface area contributed by atoms with Crippen LogP contribution in [0.3, 0.4) is 0 Å². The van der Waals surface area contributed by atoms with E-state index in [4.69, 9.17) is 0 Å². The number of aryl methyl sites for hydroxylation is 1. The molecule has 120 valence electrons. The first-order valence-electron chi connectivity index (χ1n) is 8.16. The van der Waals surface area contributed by atoms with Gasteiger partial charge < -0.3 is 10.6 Å². The first-order chi connectivity index (χ1) is 11.2. The maximum Gasteiger partial charge on any atom is 0.256 e. The highest BCUT2D eigenvalue weighted by molar-refractivity contribution is 7.16. The van der Waals surface area contributed by atoms with Crippen molar-refractivity contribution in [1.82, 2.24) is 10.2 Å². The van der Waals surface area contributed by atoms with E-state index in [1.54, 1.807) is 11.3 Å². The quantitative estimate of drug-likeness (QED) is 0.889. The minimum atomic E-state index is -0.141. The molecular weight excluding hydrogens is 306 g/mol. The van der Waals surface area contributed by atoms with Crippen LogP contribution in [0.15, 0.2) is 24.3 Å². The third-order valence-electron chi connectivity index (χ3n) is 4.77. The van der Waals surface area contributed by atoms with Crippen LogP contribution < -0.4 is 10.6 Å². The van der Waals surface area contributed by atoms with Crippen molar-refractivity contribution in [2.24, 2.45) is 0 Å². The normalized spacial score (nSPS) is 20.4. The van der Waals surface area contributed by atoms with E-state index in [0.29, 0.717) is 0 Å². The predicted octanol–water partition coefficient (Wildman–Crippen LogP) is 3.29. The Morgan fingerprint density at radius 1 is 1.26 bits per heavy atom. The van der Waals surface area contributed by atoms with Crippen molar-refractivity contribution >= 4 is 22.2 Å². The molecule has 4 rings (SSSR count). The molecule has 2 aromatic rings. The monoisotopic (exact) mass is 327 g/mol. The number of carbonyl (C=O) groups is 1. The van der Waals surface area contributed by atoms with Crippen LogP contribution in [0, 0.1) is 6.92 Å². The number of hydrogen-bond acceptors (Lipinski definition) is 4. The Labute approximate surface area is 140 Å². The van der Waals surface area contributed by atoms with E-state index in [9.17, 15) is 4.79 Å². The lowest BCUT2D eigenvalue weighted by Crippen LogP contribution is -2.38. The highest BCUT2D eigenvalue weighted by Gasteiger charge is 2.32. The predicted molar refractivity (Wildman–Crippen MR) is 94.0 cm³/mol. The number of hydrogen-bond donors (Lipinski definition) is 2. The molecule has 0 saturated carbocycles. The van der Waals surface area contributed by atoms with Crippen molar-refractivity contribution in [3.05, 3.63) is 51.4 Å². The summed E-state index contributed by atoms with van der Waals surface area (Å²) in [7, 11) is 0. The molecular formula is C18H21N3OS. The van der Waals surface area contributed by atoms with Crippen LogP contribution in [-0.4, -0.2) is 23.9 Å². The lowest BCUT2D eigenvalue weighted by atomic mass is 10.00. The minimum Gasteiger partial charge on any atom is -0.353 e. The van der Waals surface area contributed by atoms with E-state index in [-0.39, 0.29) is 12.1 Å². The molecule has 4 nitrogen and oxygen atoms in total. The van der Waals surface area contributed by atoms with Gasteiger partial charge >= 0.3 is 0 Å². The van der Waals surface area contributed by atoms with Gasteiger partial charge in [-0.05, 0) is 31.0 Å². The molecule has 0 fully saturated rings. The zero-order chi connectivity index (χ0) is 16.0. The third kappa shape index (κ3) is 2.54. The number of carbonyl (C=O) groups excluding carboxylic acids is 1. The van der Waals surface area contributed by atoms with Crippen LogP contribution in [0.4, 0.5) is 5.00 Å². The third-order valence-corrected chi connectivity index (χ3v) is 5.92. The van der Waals surface area contributed by atoms with Crippen molar-refractivity contribution in [3.8, 4) is 0 Å². The summed E-state index contributed by atoms with van der Waals surface area (Å²) >= 11 is 1.75. The van der Waals surface area contributed by atoms with Gasteiger partial charge in [-0.1, -0.05) is 36.8 Å². The molecule has 0 bridgehead atoms. The summed E-state index contributed by atoms with van der Waals surface area (Å²) in [5, 5.41) is 7.66. The van der Waals surface area contributed by atoms with Crippen molar-refractivity contribution < 1.29 is 4.79 Å². The Hall–Kier alpha value is -1.85. The number of nitrogens with one attached hydrogen (secondary N) is 2. The summed E-state index contributed by atoms with van der Waals surface area (Å²) in [5.41, 5.74) is 4.45. The smallest absolute Gasteiger partial charge is 0.256 e. The van der Waals surface area contributed by atoms with Gasteiger partial charge in [0.2, 0.25) is 0 Å². The fourth-order valence-corrected chi connectivity index (χ4v) is 4.68. The zero-order valence-corrected chi connectivity index (χ0v) is 14.3. The Kier molecular flexibility index (Phi) is 3.62. The number of benzene rings is 1. The summed E-state index contributed by atoms with van der Waals surface area (Å²) in [4.78, 5) is 16.4. The van der Waals surface area contributed by atoms with E-state index >= 15 is 0 Å². The number of fused-ring (bicyclic) bond motifs is 3. The van der Waals surface area contributed by atoms with Crippen LogP contribution in [0.1, 0.15) is 45.0 Å². The molecule has 0 radical (unpaired) electrons. The van der Waals surface area contributed by atoms with Crippen LogP contribution in [0.5, 0.6) is 0 Å². The molecule has 0 spiro atoms. The molecule has 3 heterocycles. The number of amides is 1. The van der Waals surface area contributed by atoms with Crippen molar-refractivity contribution in [2.45, 2.75) is 33.0 Å². The lowest BCUT2D eigenvalue weighted by molar-refractivity contribution is 0.0934. The second-order valence-corrected chi connectivity index (χ2v) is 7.39. The van der Waals surface area contributed by atoms with E-state index in [1.165, 1.54) is 16.0 Å². The molecule has 0 saturated heterocycles. The standard InChI is InChI=1S/C18H21N3OS/c1-3-21-9-8-13-14(10-21)23-18-15(13)17(22)19-16(20-18)12-6-4-11(2)5-7-12/h4-7,16,20H,3,8-10H2,1-2H3,(H,19,22)/t16-/m0/s1. The van der Waals surface area contributed by atoms with Crippen LogP contribution >= 0.6 is 11.3 Å². The van der Waals surface area contributed by atoms with Crippen molar-refractivity contribution in [1.29, 1.82) is 0 Å². The van der Waals surface area contributed by atoms with E-state index in [2.05, 4.69) is 53.6 Å². The molecule has 2 aliphatic heterocycles. The molecule has 0 unspecified atom stereocenters. The molecule has 1 aromatic heterocycles. The Morgan fingerprint density at radius 2 is 2.04 bits per heavy atom. The number of anilines is 1. The van der Waals surface area contributed by atoms with E-state index in [0.717, 1.165) is 42.2 Å². The highest BCUT2D eigenvalue weighted by Crippen LogP contribution is 2.40. The molecule has 5 heteroatoms. The molecule has 1 aromatic carbocycles. The van der Waals surface area contributed by atoms with Crippen LogP contribution in [-0.2, 0) is 13.0 Å². The second-order valence-electron chi connectivity index (χ2n) is 6.29. The van der Waals surface area contributed by atoms with E-state index in [1.807, 2.05) is 0 Å². The Bertz CT molecular complexity index is 750.